The molecule has 0 heterocycles. The first-order valence-electron chi connectivity index (χ1n) is 13.0. The summed E-state index contributed by atoms with van der Waals surface area (Å²) in [5.41, 5.74) is 2.29. The second kappa shape index (κ2) is 13.2. The molecule has 0 fully saturated rings. The number of rotatable bonds is 12. The molecule has 0 radical (unpaired) electrons. The number of amides is 2. The van der Waals surface area contributed by atoms with Crippen LogP contribution in [0.4, 0.5) is 5.69 Å². The maximum atomic E-state index is 14.0. The van der Waals surface area contributed by atoms with Crippen molar-refractivity contribution in [1.29, 1.82) is 0 Å². The van der Waals surface area contributed by atoms with Crippen molar-refractivity contribution in [2.45, 2.75) is 64.1 Å². The van der Waals surface area contributed by atoms with E-state index in [2.05, 4.69) is 5.32 Å². The van der Waals surface area contributed by atoms with E-state index in [1.807, 2.05) is 70.2 Å². The van der Waals surface area contributed by atoms with E-state index in [4.69, 9.17) is 0 Å². The molecule has 8 heteroatoms. The minimum atomic E-state index is -4.06. The molecule has 0 aromatic heterocycles. The number of anilines is 1. The second-order valence-electron chi connectivity index (χ2n) is 9.44. The van der Waals surface area contributed by atoms with Gasteiger partial charge in [-0.3, -0.25) is 13.9 Å². The van der Waals surface area contributed by atoms with E-state index in [9.17, 15) is 18.0 Å². The number of benzene rings is 3. The Kier molecular flexibility index (Phi) is 10.1. The van der Waals surface area contributed by atoms with Gasteiger partial charge in [0.05, 0.1) is 10.6 Å². The fraction of sp³-hybridized carbons (Fsp3) is 0.333. The molecule has 0 saturated heterocycles. The highest BCUT2D eigenvalue weighted by Gasteiger charge is 2.33. The smallest absolute Gasteiger partial charge is 0.264 e. The summed E-state index contributed by atoms with van der Waals surface area (Å²) in [6, 6.07) is 23.8. The molecule has 0 spiro atoms. The third-order valence-corrected chi connectivity index (χ3v) is 8.04. The van der Waals surface area contributed by atoms with Crippen LogP contribution in [0.1, 0.15) is 45.2 Å². The van der Waals surface area contributed by atoms with Gasteiger partial charge in [0.2, 0.25) is 11.8 Å². The summed E-state index contributed by atoms with van der Waals surface area (Å²) in [5, 5.41) is 2.90. The van der Waals surface area contributed by atoms with Gasteiger partial charge in [-0.05, 0) is 62.1 Å². The Morgan fingerprint density at radius 2 is 1.39 bits per heavy atom. The molecule has 7 nitrogen and oxygen atoms in total. The number of hydrogen-bond acceptors (Lipinski definition) is 4. The molecule has 0 unspecified atom stereocenters. The summed E-state index contributed by atoms with van der Waals surface area (Å²) in [6.07, 6.45) is 1.19. The summed E-state index contributed by atoms with van der Waals surface area (Å²) >= 11 is 0. The fourth-order valence-electron chi connectivity index (χ4n) is 4.23. The average Bonchev–Trinajstić information content (AvgIpc) is 2.92. The van der Waals surface area contributed by atoms with Gasteiger partial charge in [-0.15, -0.1) is 0 Å². The number of carbonyl (C=O) groups is 2. The van der Waals surface area contributed by atoms with E-state index < -0.39 is 28.5 Å². The number of aryl methyl sites for hydroxylation is 1. The molecule has 0 saturated carbocycles. The van der Waals surface area contributed by atoms with Crippen LogP contribution in [-0.4, -0.2) is 43.8 Å². The molecule has 1 atom stereocenters. The minimum absolute atomic E-state index is 0.0894. The summed E-state index contributed by atoms with van der Waals surface area (Å²) in [4.78, 5) is 28.7. The van der Waals surface area contributed by atoms with E-state index in [1.165, 1.54) is 17.0 Å². The standard InChI is InChI=1S/C30H37N3O4S/c1-5-24-17-19-26(20-18-24)33(38(36,37)27-15-11-8-12-16-27)22-29(34)32(21-25-13-9-7-10-14-25)28(6-2)30(35)31-23(3)4/h7-20,23,28H,5-6,21-22H2,1-4H3,(H,31,35)/t28-/m1/s1. The SMILES string of the molecule is CCc1ccc(N(CC(=O)N(Cc2ccccc2)[C@H](CC)C(=O)NC(C)C)S(=O)(=O)c2ccccc2)cc1. The van der Waals surface area contributed by atoms with E-state index >= 15 is 0 Å². The molecular formula is C30H37N3O4S. The lowest BCUT2D eigenvalue weighted by Gasteiger charge is -2.33. The zero-order valence-corrected chi connectivity index (χ0v) is 23.3. The fourth-order valence-corrected chi connectivity index (χ4v) is 5.66. The molecule has 2 amide bonds. The number of sulfonamides is 1. The quantitative estimate of drug-likeness (QED) is 0.362. The molecule has 0 bridgehead atoms. The van der Waals surface area contributed by atoms with Gasteiger partial charge < -0.3 is 10.2 Å². The van der Waals surface area contributed by atoms with Gasteiger partial charge in [0.1, 0.15) is 12.6 Å². The van der Waals surface area contributed by atoms with Gasteiger partial charge in [-0.1, -0.05) is 74.5 Å². The highest BCUT2D eigenvalue weighted by Crippen LogP contribution is 2.25. The lowest BCUT2D eigenvalue weighted by molar-refractivity contribution is -0.140. The Hall–Kier alpha value is -3.65. The van der Waals surface area contributed by atoms with Crippen LogP contribution >= 0.6 is 0 Å². The molecule has 1 N–H and O–H groups in total. The Morgan fingerprint density at radius 3 is 1.92 bits per heavy atom. The molecule has 0 aliphatic rings. The van der Waals surface area contributed by atoms with Crippen molar-refractivity contribution in [3.8, 4) is 0 Å². The lowest BCUT2D eigenvalue weighted by Crippen LogP contribution is -2.53. The van der Waals surface area contributed by atoms with Gasteiger partial charge in [-0.25, -0.2) is 8.42 Å². The van der Waals surface area contributed by atoms with Gasteiger partial charge in [0, 0.05) is 12.6 Å². The van der Waals surface area contributed by atoms with Crippen LogP contribution in [0.3, 0.4) is 0 Å². The number of carbonyl (C=O) groups excluding carboxylic acids is 2. The average molecular weight is 536 g/mol. The van der Waals surface area contributed by atoms with Crippen molar-refractivity contribution in [2.75, 3.05) is 10.8 Å². The highest BCUT2D eigenvalue weighted by molar-refractivity contribution is 7.92. The zero-order valence-electron chi connectivity index (χ0n) is 22.5. The van der Waals surface area contributed by atoms with Crippen LogP contribution in [0.15, 0.2) is 89.8 Å². The van der Waals surface area contributed by atoms with Crippen molar-refractivity contribution in [2.24, 2.45) is 0 Å². The van der Waals surface area contributed by atoms with Crippen molar-refractivity contribution in [3.63, 3.8) is 0 Å². The predicted octanol–water partition coefficient (Wildman–Crippen LogP) is 4.78. The first kappa shape index (κ1) is 28.9. The molecule has 3 aromatic rings. The maximum absolute atomic E-state index is 14.0. The van der Waals surface area contributed by atoms with E-state index in [0.29, 0.717) is 12.1 Å². The normalized spacial score (nSPS) is 12.1. The Balaban J connectivity index is 2.04. The van der Waals surface area contributed by atoms with E-state index in [0.717, 1.165) is 21.9 Å². The number of nitrogens with zero attached hydrogens (tertiary/aromatic N) is 2. The van der Waals surface area contributed by atoms with Gasteiger partial charge in [0.25, 0.3) is 10.0 Å². The van der Waals surface area contributed by atoms with Gasteiger partial charge in [0.15, 0.2) is 0 Å². The van der Waals surface area contributed by atoms with Crippen LogP contribution in [0.5, 0.6) is 0 Å². The van der Waals surface area contributed by atoms with Crippen molar-refractivity contribution >= 4 is 27.5 Å². The molecular weight excluding hydrogens is 498 g/mol. The van der Waals surface area contributed by atoms with Gasteiger partial charge >= 0.3 is 0 Å². The number of hydrogen-bond donors (Lipinski definition) is 1. The third kappa shape index (κ3) is 7.22. The summed E-state index contributed by atoms with van der Waals surface area (Å²) < 4.78 is 28.7. The second-order valence-corrected chi connectivity index (χ2v) is 11.3. The van der Waals surface area contributed by atoms with Crippen molar-refractivity contribution in [1.82, 2.24) is 10.2 Å². The topological polar surface area (TPSA) is 86.8 Å². The van der Waals surface area contributed by atoms with Crippen molar-refractivity contribution < 1.29 is 18.0 Å². The van der Waals surface area contributed by atoms with Gasteiger partial charge in [-0.2, -0.15) is 0 Å². The van der Waals surface area contributed by atoms with Crippen LogP contribution in [0.2, 0.25) is 0 Å². The minimum Gasteiger partial charge on any atom is -0.352 e. The molecule has 0 aliphatic carbocycles. The van der Waals surface area contributed by atoms with E-state index in [1.54, 1.807) is 30.3 Å². The highest BCUT2D eigenvalue weighted by atomic mass is 32.2. The zero-order chi connectivity index (χ0) is 27.7. The Morgan fingerprint density at radius 1 is 0.816 bits per heavy atom. The maximum Gasteiger partial charge on any atom is 0.264 e. The Bertz CT molecular complexity index is 1290. The molecule has 202 valence electrons. The third-order valence-electron chi connectivity index (χ3n) is 6.26. The summed E-state index contributed by atoms with van der Waals surface area (Å²) in [5.74, 6) is -0.727. The summed E-state index contributed by atoms with van der Waals surface area (Å²) in [7, 11) is -4.06. The van der Waals surface area contributed by atoms with Crippen LogP contribution in [0, 0.1) is 0 Å². The van der Waals surface area contributed by atoms with Crippen LogP contribution in [-0.2, 0) is 32.6 Å². The van der Waals surface area contributed by atoms with Crippen molar-refractivity contribution in [3.05, 3.63) is 96.1 Å². The summed E-state index contributed by atoms with van der Waals surface area (Å²) in [6.45, 7) is 7.33. The van der Waals surface area contributed by atoms with Crippen LogP contribution in [0.25, 0.3) is 0 Å². The largest absolute Gasteiger partial charge is 0.352 e. The first-order valence-corrected chi connectivity index (χ1v) is 14.4. The van der Waals surface area contributed by atoms with E-state index in [-0.39, 0.29) is 23.4 Å². The monoisotopic (exact) mass is 535 g/mol. The number of nitrogens with one attached hydrogen (secondary N) is 1. The Labute approximate surface area is 226 Å². The molecule has 0 aliphatic heterocycles. The predicted molar refractivity (Wildman–Crippen MR) is 151 cm³/mol. The molecule has 38 heavy (non-hydrogen) atoms. The lowest BCUT2D eigenvalue weighted by atomic mass is 10.1. The molecule has 3 rings (SSSR count). The first-order chi connectivity index (χ1) is 18.2. The molecule has 3 aromatic carbocycles. The van der Waals surface area contributed by atoms with Crippen LogP contribution < -0.4 is 9.62 Å².